The Kier molecular flexibility index (Phi) is 6.86. The Morgan fingerprint density at radius 3 is 2.48 bits per heavy atom. The van der Waals surface area contributed by atoms with Gasteiger partial charge in [0.05, 0.1) is 5.52 Å². The van der Waals surface area contributed by atoms with E-state index in [2.05, 4.69) is 56.3 Å². The summed E-state index contributed by atoms with van der Waals surface area (Å²) < 4.78 is 0. The summed E-state index contributed by atoms with van der Waals surface area (Å²) in [5, 5.41) is 10.3. The summed E-state index contributed by atoms with van der Waals surface area (Å²) in [7, 11) is 1.77. The van der Waals surface area contributed by atoms with Crippen LogP contribution >= 0.6 is 0 Å². The maximum Gasteiger partial charge on any atom is 0.323 e. The van der Waals surface area contributed by atoms with Crippen molar-refractivity contribution in [2.24, 2.45) is 0 Å². The summed E-state index contributed by atoms with van der Waals surface area (Å²) in [6, 6.07) is 17.0. The lowest BCUT2D eigenvalue weighted by atomic mass is 9.97. The summed E-state index contributed by atoms with van der Waals surface area (Å²) >= 11 is 0. The molecule has 29 heavy (non-hydrogen) atoms. The van der Waals surface area contributed by atoms with Gasteiger partial charge in [0.15, 0.2) is 0 Å². The quantitative estimate of drug-likeness (QED) is 0.465. The number of carboxylic acids is 1. The van der Waals surface area contributed by atoms with Gasteiger partial charge >= 0.3 is 5.97 Å². The molecule has 0 saturated heterocycles. The first-order valence-electron chi connectivity index (χ1n) is 10.4. The van der Waals surface area contributed by atoms with Crippen molar-refractivity contribution in [1.29, 1.82) is 0 Å². The summed E-state index contributed by atoms with van der Waals surface area (Å²) in [6.45, 7) is 4.23. The highest BCUT2D eigenvalue weighted by atomic mass is 16.4. The molecule has 3 rings (SSSR count). The van der Waals surface area contributed by atoms with Crippen LogP contribution in [0.1, 0.15) is 43.7 Å². The average Bonchev–Trinajstić information content (AvgIpc) is 2.70. The molecule has 0 unspecified atom stereocenters. The standard InChI is InChI=1S/C25H30N2O2/c1-4-5-6-7-8-19-11-14-23-22(15-19)21(20-12-9-18(2)10-13-20)16-24(26-23)27(3)17-25(28)29/h9-16H,4-8,17H2,1-3H3,(H,28,29). The van der Waals surface area contributed by atoms with E-state index in [4.69, 9.17) is 10.1 Å². The Morgan fingerprint density at radius 2 is 1.79 bits per heavy atom. The van der Waals surface area contributed by atoms with Crippen molar-refractivity contribution in [3.63, 3.8) is 0 Å². The number of pyridine rings is 1. The van der Waals surface area contributed by atoms with Crippen LogP contribution in [-0.2, 0) is 11.2 Å². The zero-order valence-electron chi connectivity index (χ0n) is 17.6. The number of aliphatic carboxylic acids is 1. The molecule has 1 N–H and O–H groups in total. The number of benzene rings is 2. The third-order valence-electron chi connectivity index (χ3n) is 5.30. The first kappa shape index (κ1) is 20.8. The zero-order valence-corrected chi connectivity index (χ0v) is 17.6. The van der Waals surface area contributed by atoms with Crippen molar-refractivity contribution in [3.8, 4) is 11.1 Å². The smallest absolute Gasteiger partial charge is 0.323 e. The fraction of sp³-hybridized carbons (Fsp3) is 0.360. The zero-order chi connectivity index (χ0) is 20.8. The molecule has 0 amide bonds. The second-order valence-corrected chi connectivity index (χ2v) is 7.81. The number of rotatable bonds is 9. The predicted molar refractivity (Wildman–Crippen MR) is 121 cm³/mol. The van der Waals surface area contributed by atoms with Gasteiger partial charge in [-0.1, -0.05) is 62.1 Å². The van der Waals surface area contributed by atoms with E-state index >= 15 is 0 Å². The maximum absolute atomic E-state index is 11.2. The molecule has 1 aromatic heterocycles. The molecule has 1 heterocycles. The maximum atomic E-state index is 11.2. The minimum atomic E-state index is -0.867. The van der Waals surface area contributed by atoms with Gasteiger partial charge in [-0.05, 0) is 54.7 Å². The van der Waals surface area contributed by atoms with Crippen molar-refractivity contribution in [2.45, 2.75) is 46.0 Å². The van der Waals surface area contributed by atoms with Crippen molar-refractivity contribution < 1.29 is 9.90 Å². The molecule has 4 nitrogen and oxygen atoms in total. The van der Waals surface area contributed by atoms with Crippen LogP contribution in [0.3, 0.4) is 0 Å². The minimum Gasteiger partial charge on any atom is -0.480 e. The van der Waals surface area contributed by atoms with Crippen LogP contribution in [0.25, 0.3) is 22.0 Å². The van der Waals surface area contributed by atoms with Crippen LogP contribution < -0.4 is 4.90 Å². The molecule has 152 valence electrons. The van der Waals surface area contributed by atoms with Gasteiger partial charge in [0.2, 0.25) is 0 Å². The van der Waals surface area contributed by atoms with Crippen LogP contribution in [0.4, 0.5) is 5.82 Å². The molecule has 0 saturated carbocycles. The minimum absolute atomic E-state index is 0.0820. The molecule has 4 heteroatoms. The van der Waals surface area contributed by atoms with Gasteiger partial charge < -0.3 is 10.0 Å². The van der Waals surface area contributed by atoms with E-state index in [1.165, 1.54) is 36.8 Å². The number of carbonyl (C=O) groups is 1. The van der Waals surface area contributed by atoms with Crippen LogP contribution in [0.2, 0.25) is 0 Å². The lowest BCUT2D eigenvalue weighted by Gasteiger charge is -2.19. The number of likely N-dealkylation sites (N-methyl/N-ethyl adjacent to an activating group) is 1. The molecule has 0 aliphatic rings. The van der Waals surface area contributed by atoms with Crippen LogP contribution in [-0.4, -0.2) is 29.7 Å². The SMILES string of the molecule is CCCCCCc1ccc2nc(N(C)CC(=O)O)cc(-c3ccc(C)cc3)c2c1. The largest absolute Gasteiger partial charge is 0.480 e. The lowest BCUT2D eigenvalue weighted by molar-refractivity contribution is -0.135. The Labute approximate surface area is 173 Å². The molecule has 3 aromatic rings. The van der Waals surface area contributed by atoms with E-state index in [1.54, 1.807) is 11.9 Å². The third kappa shape index (κ3) is 5.35. The van der Waals surface area contributed by atoms with Crippen molar-refractivity contribution in [2.75, 3.05) is 18.5 Å². The Bertz CT molecular complexity index is 980. The van der Waals surface area contributed by atoms with E-state index in [0.29, 0.717) is 5.82 Å². The molecule has 2 aromatic carbocycles. The highest BCUT2D eigenvalue weighted by Crippen LogP contribution is 2.32. The first-order valence-corrected chi connectivity index (χ1v) is 10.4. The van der Waals surface area contributed by atoms with Gasteiger partial charge in [0, 0.05) is 12.4 Å². The van der Waals surface area contributed by atoms with Crippen molar-refractivity contribution in [3.05, 3.63) is 59.7 Å². The molecular formula is C25H30N2O2. The Balaban J connectivity index is 2.04. The third-order valence-corrected chi connectivity index (χ3v) is 5.30. The average molecular weight is 391 g/mol. The van der Waals surface area contributed by atoms with E-state index in [1.807, 2.05) is 6.07 Å². The molecule has 0 bridgehead atoms. The summed E-state index contributed by atoms with van der Waals surface area (Å²) in [5.74, 6) is -0.195. The molecular weight excluding hydrogens is 360 g/mol. The fourth-order valence-electron chi connectivity index (χ4n) is 3.62. The van der Waals surface area contributed by atoms with Crippen molar-refractivity contribution >= 4 is 22.7 Å². The van der Waals surface area contributed by atoms with E-state index in [-0.39, 0.29) is 6.54 Å². The number of aromatic nitrogens is 1. The summed E-state index contributed by atoms with van der Waals surface area (Å²) in [4.78, 5) is 17.6. The van der Waals surface area contributed by atoms with Crippen LogP contribution in [0.15, 0.2) is 48.5 Å². The summed E-state index contributed by atoms with van der Waals surface area (Å²) in [5.41, 5.74) is 5.66. The van der Waals surface area contributed by atoms with Gasteiger partial charge in [0.25, 0.3) is 0 Å². The van der Waals surface area contributed by atoms with Gasteiger partial charge in [0.1, 0.15) is 12.4 Å². The van der Waals surface area contributed by atoms with Gasteiger partial charge in [-0.2, -0.15) is 0 Å². The number of anilines is 1. The molecule has 0 spiro atoms. The highest BCUT2D eigenvalue weighted by Gasteiger charge is 2.13. The number of aryl methyl sites for hydroxylation is 2. The molecule has 0 aliphatic carbocycles. The fourth-order valence-corrected chi connectivity index (χ4v) is 3.62. The second kappa shape index (κ2) is 9.55. The van der Waals surface area contributed by atoms with E-state index < -0.39 is 5.97 Å². The van der Waals surface area contributed by atoms with Crippen molar-refractivity contribution in [1.82, 2.24) is 4.98 Å². The van der Waals surface area contributed by atoms with Gasteiger partial charge in [-0.15, -0.1) is 0 Å². The highest BCUT2D eigenvalue weighted by molar-refractivity contribution is 5.96. The van der Waals surface area contributed by atoms with E-state index in [0.717, 1.165) is 28.5 Å². The Morgan fingerprint density at radius 1 is 1.03 bits per heavy atom. The van der Waals surface area contributed by atoms with Crippen LogP contribution in [0, 0.1) is 6.92 Å². The normalized spacial score (nSPS) is 11.0. The predicted octanol–water partition coefficient (Wildman–Crippen LogP) is 5.85. The summed E-state index contributed by atoms with van der Waals surface area (Å²) in [6.07, 6.45) is 6.06. The lowest BCUT2D eigenvalue weighted by Crippen LogP contribution is -2.26. The number of unbranched alkanes of at least 4 members (excludes halogenated alkanes) is 3. The number of hydrogen-bond donors (Lipinski definition) is 1. The molecule has 0 radical (unpaired) electrons. The first-order chi connectivity index (χ1) is 14.0. The monoisotopic (exact) mass is 390 g/mol. The number of fused-ring (bicyclic) bond motifs is 1. The molecule has 0 aliphatic heterocycles. The van der Waals surface area contributed by atoms with Gasteiger partial charge in [-0.25, -0.2) is 4.98 Å². The second-order valence-electron chi connectivity index (χ2n) is 7.81. The number of carboxylic acid groups (broad SMARTS) is 1. The molecule has 0 atom stereocenters. The topological polar surface area (TPSA) is 53.4 Å². The number of nitrogens with zero attached hydrogens (tertiary/aromatic N) is 2. The van der Waals surface area contributed by atoms with E-state index in [9.17, 15) is 4.79 Å². The Hall–Kier alpha value is -2.88. The van der Waals surface area contributed by atoms with Gasteiger partial charge in [-0.3, -0.25) is 4.79 Å². The van der Waals surface area contributed by atoms with Crippen LogP contribution in [0.5, 0.6) is 0 Å². The number of hydrogen-bond acceptors (Lipinski definition) is 3. The molecule has 0 fully saturated rings.